The van der Waals surface area contributed by atoms with Gasteiger partial charge in [0.25, 0.3) is 0 Å². The van der Waals surface area contributed by atoms with E-state index in [1.54, 1.807) is 6.92 Å². The fraction of sp³-hybridized carbons (Fsp3) is 1.00. The van der Waals surface area contributed by atoms with E-state index < -0.39 is 18.3 Å². The van der Waals surface area contributed by atoms with Crippen molar-refractivity contribution >= 4 is 0 Å². The summed E-state index contributed by atoms with van der Waals surface area (Å²) >= 11 is 0. The summed E-state index contributed by atoms with van der Waals surface area (Å²) in [6.07, 6.45) is -0.810. The van der Waals surface area contributed by atoms with Gasteiger partial charge in [-0.05, 0) is 12.8 Å². The van der Waals surface area contributed by atoms with Gasteiger partial charge in [-0.25, -0.2) is 0 Å². The third kappa shape index (κ3) is 1.48. The summed E-state index contributed by atoms with van der Waals surface area (Å²) < 4.78 is 0. The van der Waals surface area contributed by atoms with Gasteiger partial charge in [0, 0.05) is 5.92 Å². The van der Waals surface area contributed by atoms with Gasteiger partial charge in [-0.2, -0.15) is 0 Å². The van der Waals surface area contributed by atoms with Crippen LogP contribution in [-0.4, -0.2) is 33.6 Å². The number of hydrogen-bond donors (Lipinski definition) is 3. The predicted octanol–water partition coefficient (Wildman–Crippen LogP) is -0.501. The SMILES string of the molecule is C[C@H]1[C@H](O)C[C@H](O)C[C@@H]1O. The average molecular weight is 146 g/mol. The molecule has 0 spiro atoms. The second kappa shape index (κ2) is 2.86. The highest BCUT2D eigenvalue weighted by atomic mass is 16.3. The fourth-order valence-electron chi connectivity index (χ4n) is 1.34. The zero-order valence-corrected chi connectivity index (χ0v) is 6.07. The summed E-state index contributed by atoms with van der Waals surface area (Å²) in [5.41, 5.74) is 0. The van der Waals surface area contributed by atoms with Crippen LogP contribution in [-0.2, 0) is 0 Å². The number of rotatable bonds is 0. The van der Waals surface area contributed by atoms with Crippen LogP contribution in [0.15, 0.2) is 0 Å². The molecule has 0 aliphatic heterocycles. The standard InChI is InChI=1S/C7H14O3/c1-4-6(9)2-5(8)3-7(4)10/h4-10H,2-3H2,1H3/t4-,5-,6+,7-. The van der Waals surface area contributed by atoms with Crippen molar-refractivity contribution in [3.8, 4) is 0 Å². The van der Waals surface area contributed by atoms with Gasteiger partial charge in [-0.3, -0.25) is 0 Å². The number of aliphatic hydroxyl groups is 3. The minimum atomic E-state index is -0.543. The highest BCUT2D eigenvalue weighted by Gasteiger charge is 2.31. The Labute approximate surface area is 60.3 Å². The van der Waals surface area contributed by atoms with E-state index in [1.807, 2.05) is 0 Å². The van der Waals surface area contributed by atoms with Gasteiger partial charge in [0.05, 0.1) is 18.3 Å². The van der Waals surface area contributed by atoms with Crippen LogP contribution < -0.4 is 0 Å². The molecular weight excluding hydrogens is 132 g/mol. The second-order valence-electron chi connectivity index (χ2n) is 3.12. The smallest absolute Gasteiger partial charge is 0.0615 e. The van der Waals surface area contributed by atoms with Crippen LogP contribution in [0.4, 0.5) is 0 Å². The van der Waals surface area contributed by atoms with E-state index in [-0.39, 0.29) is 5.92 Å². The molecule has 0 radical (unpaired) electrons. The topological polar surface area (TPSA) is 60.7 Å². The molecule has 0 bridgehead atoms. The summed E-state index contributed by atoms with van der Waals surface area (Å²) in [5.74, 6) is -0.0941. The molecule has 60 valence electrons. The Morgan fingerprint density at radius 1 is 1.00 bits per heavy atom. The van der Waals surface area contributed by atoms with Crippen molar-refractivity contribution in [2.24, 2.45) is 5.92 Å². The number of hydrogen-bond acceptors (Lipinski definition) is 3. The monoisotopic (exact) mass is 146 g/mol. The fourth-order valence-corrected chi connectivity index (χ4v) is 1.34. The Bertz CT molecular complexity index is 103. The molecule has 1 rings (SSSR count). The van der Waals surface area contributed by atoms with Crippen LogP contribution in [0.25, 0.3) is 0 Å². The molecular formula is C7H14O3. The first kappa shape index (κ1) is 7.98. The van der Waals surface area contributed by atoms with E-state index in [0.717, 1.165) is 0 Å². The van der Waals surface area contributed by atoms with Crippen molar-refractivity contribution in [1.82, 2.24) is 0 Å². The van der Waals surface area contributed by atoms with Crippen LogP contribution in [0.5, 0.6) is 0 Å². The lowest BCUT2D eigenvalue weighted by molar-refractivity contribution is -0.0651. The molecule has 0 unspecified atom stereocenters. The molecule has 1 aliphatic rings. The molecule has 0 aromatic heterocycles. The first-order valence-corrected chi connectivity index (χ1v) is 3.65. The minimum Gasteiger partial charge on any atom is -0.393 e. The largest absolute Gasteiger partial charge is 0.393 e. The van der Waals surface area contributed by atoms with Crippen molar-refractivity contribution in [2.45, 2.75) is 38.1 Å². The first-order valence-electron chi connectivity index (χ1n) is 3.65. The summed E-state index contributed by atoms with van der Waals surface area (Å²) in [6.45, 7) is 1.79. The zero-order valence-electron chi connectivity index (χ0n) is 6.07. The zero-order chi connectivity index (χ0) is 7.72. The third-order valence-electron chi connectivity index (χ3n) is 2.24. The number of aliphatic hydroxyl groups excluding tert-OH is 3. The van der Waals surface area contributed by atoms with E-state index in [0.29, 0.717) is 12.8 Å². The van der Waals surface area contributed by atoms with Gasteiger partial charge in [-0.15, -0.1) is 0 Å². The lowest BCUT2D eigenvalue weighted by atomic mass is 9.84. The van der Waals surface area contributed by atoms with Gasteiger partial charge in [0.1, 0.15) is 0 Å². The van der Waals surface area contributed by atoms with Crippen molar-refractivity contribution in [3.63, 3.8) is 0 Å². The summed E-state index contributed by atoms with van der Waals surface area (Å²) in [6, 6.07) is 0. The normalized spacial score (nSPS) is 49.2. The molecule has 1 fully saturated rings. The molecule has 10 heavy (non-hydrogen) atoms. The summed E-state index contributed by atoms with van der Waals surface area (Å²) in [7, 11) is 0. The molecule has 1 aliphatic carbocycles. The molecule has 0 saturated heterocycles. The maximum Gasteiger partial charge on any atom is 0.0615 e. The molecule has 0 aromatic carbocycles. The van der Waals surface area contributed by atoms with Gasteiger partial charge in [0.15, 0.2) is 0 Å². The van der Waals surface area contributed by atoms with Crippen LogP contribution in [0.1, 0.15) is 19.8 Å². The molecule has 3 nitrogen and oxygen atoms in total. The second-order valence-corrected chi connectivity index (χ2v) is 3.12. The molecule has 0 amide bonds. The van der Waals surface area contributed by atoms with E-state index in [2.05, 4.69) is 0 Å². The lowest BCUT2D eigenvalue weighted by Gasteiger charge is -2.32. The van der Waals surface area contributed by atoms with Crippen molar-refractivity contribution in [2.75, 3.05) is 0 Å². The Balaban J connectivity index is 2.49. The van der Waals surface area contributed by atoms with Crippen molar-refractivity contribution in [1.29, 1.82) is 0 Å². The Morgan fingerprint density at radius 2 is 1.40 bits per heavy atom. The molecule has 4 atom stereocenters. The summed E-state index contributed by atoms with van der Waals surface area (Å²) in [4.78, 5) is 0. The van der Waals surface area contributed by atoms with Gasteiger partial charge in [0.2, 0.25) is 0 Å². The third-order valence-corrected chi connectivity index (χ3v) is 2.24. The van der Waals surface area contributed by atoms with Crippen LogP contribution in [0.3, 0.4) is 0 Å². The van der Waals surface area contributed by atoms with Crippen molar-refractivity contribution < 1.29 is 15.3 Å². The maximum absolute atomic E-state index is 9.20. The van der Waals surface area contributed by atoms with E-state index in [4.69, 9.17) is 5.11 Å². The highest BCUT2D eigenvalue weighted by molar-refractivity contribution is 4.82. The van der Waals surface area contributed by atoms with E-state index >= 15 is 0 Å². The van der Waals surface area contributed by atoms with Gasteiger partial charge < -0.3 is 15.3 Å². The van der Waals surface area contributed by atoms with E-state index in [9.17, 15) is 10.2 Å². The van der Waals surface area contributed by atoms with Crippen LogP contribution in [0.2, 0.25) is 0 Å². The molecule has 0 heterocycles. The van der Waals surface area contributed by atoms with Crippen LogP contribution >= 0.6 is 0 Å². The van der Waals surface area contributed by atoms with Crippen molar-refractivity contribution in [3.05, 3.63) is 0 Å². The maximum atomic E-state index is 9.20. The summed E-state index contributed by atoms with van der Waals surface area (Å²) in [5, 5.41) is 27.4. The molecule has 1 saturated carbocycles. The lowest BCUT2D eigenvalue weighted by Crippen LogP contribution is -2.40. The molecule has 3 heteroatoms. The van der Waals surface area contributed by atoms with Crippen LogP contribution in [0, 0.1) is 5.92 Å². The van der Waals surface area contributed by atoms with Gasteiger partial charge >= 0.3 is 0 Å². The quantitative estimate of drug-likeness (QED) is 0.431. The Kier molecular flexibility index (Phi) is 2.28. The Morgan fingerprint density at radius 3 is 1.80 bits per heavy atom. The highest BCUT2D eigenvalue weighted by Crippen LogP contribution is 2.24. The predicted molar refractivity (Wildman–Crippen MR) is 36.4 cm³/mol. The minimum absolute atomic E-state index is 0.0941. The Hall–Kier alpha value is -0.120. The van der Waals surface area contributed by atoms with Gasteiger partial charge in [-0.1, -0.05) is 6.92 Å². The first-order chi connectivity index (χ1) is 4.61. The average Bonchev–Trinajstić information content (AvgIpc) is 1.82. The molecule has 0 aromatic rings. The van der Waals surface area contributed by atoms with E-state index in [1.165, 1.54) is 0 Å². The molecule has 3 N–H and O–H groups in total.